The second kappa shape index (κ2) is 6.31. The highest BCUT2D eigenvalue weighted by Crippen LogP contribution is 2.33. The molecule has 3 nitrogen and oxygen atoms in total. The summed E-state index contributed by atoms with van der Waals surface area (Å²) in [5.74, 6) is -0.929. The van der Waals surface area contributed by atoms with E-state index in [1.807, 2.05) is 7.05 Å². The number of amides is 1. The first kappa shape index (κ1) is 14.9. The Morgan fingerprint density at radius 3 is 2.85 bits per heavy atom. The predicted octanol–water partition coefficient (Wildman–Crippen LogP) is 2.58. The SMILES string of the molecule is CCN(C)C1CCN(C=O)C(c2cc(F)ccc2F)C1. The number of likely N-dealkylation sites (tertiary alicyclic amines) is 1. The van der Waals surface area contributed by atoms with Crippen LogP contribution < -0.4 is 0 Å². The molecule has 2 atom stereocenters. The predicted molar refractivity (Wildman–Crippen MR) is 73.2 cm³/mol. The van der Waals surface area contributed by atoms with E-state index in [0.717, 1.165) is 31.5 Å². The summed E-state index contributed by atoms with van der Waals surface area (Å²) >= 11 is 0. The lowest BCUT2D eigenvalue weighted by Crippen LogP contribution is -2.44. The zero-order valence-electron chi connectivity index (χ0n) is 11.9. The molecule has 1 aliphatic heterocycles. The van der Waals surface area contributed by atoms with Gasteiger partial charge in [0.2, 0.25) is 6.41 Å². The molecule has 1 fully saturated rings. The van der Waals surface area contributed by atoms with E-state index in [9.17, 15) is 13.6 Å². The molecule has 1 aliphatic rings. The first-order chi connectivity index (χ1) is 9.56. The van der Waals surface area contributed by atoms with Gasteiger partial charge in [-0.1, -0.05) is 6.92 Å². The van der Waals surface area contributed by atoms with Crippen molar-refractivity contribution in [2.45, 2.75) is 31.8 Å². The average molecular weight is 282 g/mol. The molecule has 20 heavy (non-hydrogen) atoms. The number of piperidine rings is 1. The fourth-order valence-electron chi connectivity index (χ4n) is 2.83. The molecular formula is C15H20F2N2O. The fraction of sp³-hybridized carbons (Fsp3) is 0.533. The lowest BCUT2D eigenvalue weighted by atomic mass is 9.91. The Kier molecular flexibility index (Phi) is 4.70. The smallest absolute Gasteiger partial charge is 0.210 e. The molecule has 1 heterocycles. The Bertz CT molecular complexity index is 481. The van der Waals surface area contributed by atoms with Crippen LogP contribution in [0.15, 0.2) is 18.2 Å². The standard InChI is InChI=1S/C15H20F2N2O/c1-3-18(2)12-6-7-19(10-20)15(9-12)13-8-11(16)4-5-14(13)17/h4-5,8,10,12,15H,3,6-7,9H2,1-2H3. The van der Waals surface area contributed by atoms with Crippen molar-refractivity contribution < 1.29 is 13.6 Å². The molecule has 0 bridgehead atoms. The van der Waals surface area contributed by atoms with Crippen molar-refractivity contribution in [1.82, 2.24) is 9.80 Å². The van der Waals surface area contributed by atoms with Crippen molar-refractivity contribution in [2.75, 3.05) is 20.1 Å². The molecule has 5 heteroatoms. The zero-order valence-corrected chi connectivity index (χ0v) is 11.9. The third-order valence-electron chi connectivity index (χ3n) is 4.19. The van der Waals surface area contributed by atoms with Crippen LogP contribution in [0, 0.1) is 11.6 Å². The molecule has 1 aromatic rings. The highest BCUT2D eigenvalue weighted by molar-refractivity contribution is 5.49. The van der Waals surface area contributed by atoms with Gasteiger partial charge in [0.05, 0.1) is 6.04 Å². The molecule has 0 saturated carbocycles. The van der Waals surface area contributed by atoms with Gasteiger partial charge in [0, 0.05) is 18.2 Å². The lowest BCUT2D eigenvalue weighted by Gasteiger charge is -2.40. The van der Waals surface area contributed by atoms with Gasteiger partial charge in [-0.2, -0.15) is 0 Å². The number of nitrogens with zero attached hydrogens (tertiary/aromatic N) is 2. The van der Waals surface area contributed by atoms with Crippen molar-refractivity contribution in [2.24, 2.45) is 0 Å². The van der Waals surface area contributed by atoms with Crippen LogP contribution in [0.4, 0.5) is 8.78 Å². The van der Waals surface area contributed by atoms with Crippen LogP contribution in [0.3, 0.4) is 0 Å². The van der Waals surface area contributed by atoms with Gasteiger partial charge >= 0.3 is 0 Å². The number of hydrogen-bond donors (Lipinski definition) is 0. The van der Waals surface area contributed by atoms with Gasteiger partial charge in [-0.3, -0.25) is 4.79 Å². The summed E-state index contributed by atoms with van der Waals surface area (Å²) < 4.78 is 27.3. The Morgan fingerprint density at radius 1 is 1.45 bits per heavy atom. The van der Waals surface area contributed by atoms with Crippen LogP contribution in [-0.2, 0) is 4.79 Å². The minimum absolute atomic E-state index is 0.270. The van der Waals surface area contributed by atoms with Gasteiger partial charge in [-0.25, -0.2) is 8.78 Å². The first-order valence-electron chi connectivity index (χ1n) is 6.93. The Balaban J connectivity index is 2.29. The largest absolute Gasteiger partial charge is 0.338 e. The molecular weight excluding hydrogens is 262 g/mol. The fourth-order valence-corrected chi connectivity index (χ4v) is 2.83. The van der Waals surface area contributed by atoms with E-state index in [1.165, 1.54) is 6.07 Å². The van der Waals surface area contributed by atoms with E-state index in [4.69, 9.17) is 0 Å². The molecule has 0 N–H and O–H groups in total. The Labute approximate surface area is 118 Å². The van der Waals surface area contributed by atoms with Gasteiger partial charge < -0.3 is 9.80 Å². The number of rotatable bonds is 4. The number of hydrogen-bond acceptors (Lipinski definition) is 2. The number of benzene rings is 1. The molecule has 2 rings (SSSR count). The topological polar surface area (TPSA) is 23.6 Å². The molecule has 1 aromatic carbocycles. The van der Waals surface area contributed by atoms with Gasteiger partial charge in [0.15, 0.2) is 0 Å². The van der Waals surface area contributed by atoms with Gasteiger partial charge in [-0.15, -0.1) is 0 Å². The van der Waals surface area contributed by atoms with Crippen molar-refractivity contribution in [1.29, 1.82) is 0 Å². The summed E-state index contributed by atoms with van der Waals surface area (Å²) in [5.41, 5.74) is 0.270. The maximum atomic E-state index is 14.0. The normalized spacial score (nSPS) is 23.1. The van der Waals surface area contributed by atoms with Crippen LogP contribution in [0.5, 0.6) is 0 Å². The first-order valence-corrected chi connectivity index (χ1v) is 6.93. The quantitative estimate of drug-likeness (QED) is 0.792. The minimum Gasteiger partial charge on any atom is -0.338 e. The lowest BCUT2D eigenvalue weighted by molar-refractivity contribution is -0.122. The van der Waals surface area contributed by atoms with Crippen molar-refractivity contribution in [3.05, 3.63) is 35.4 Å². The maximum Gasteiger partial charge on any atom is 0.210 e. The van der Waals surface area contributed by atoms with E-state index in [2.05, 4.69) is 11.8 Å². The third kappa shape index (κ3) is 2.98. The summed E-state index contributed by atoms with van der Waals surface area (Å²) in [5, 5.41) is 0. The maximum absolute atomic E-state index is 14.0. The van der Waals surface area contributed by atoms with E-state index in [0.29, 0.717) is 13.0 Å². The summed E-state index contributed by atoms with van der Waals surface area (Å²) in [6, 6.07) is 3.31. The molecule has 0 aromatic heterocycles. The number of carbonyl (C=O) groups excluding carboxylic acids is 1. The van der Waals surface area contributed by atoms with Gasteiger partial charge in [-0.05, 0) is 44.6 Å². The van der Waals surface area contributed by atoms with Crippen LogP contribution in [0.25, 0.3) is 0 Å². The van der Waals surface area contributed by atoms with E-state index in [1.54, 1.807) is 4.90 Å². The molecule has 0 spiro atoms. The van der Waals surface area contributed by atoms with Gasteiger partial charge in [0.1, 0.15) is 11.6 Å². The second-order valence-electron chi connectivity index (χ2n) is 5.28. The van der Waals surface area contributed by atoms with Crippen LogP contribution in [0.2, 0.25) is 0 Å². The second-order valence-corrected chi connectivity index (χ2v) is 5.28. The van der Waals surface area contributed by atoms with Crippen molar-refractivity contribution >= 4 is 6.41 Å². The average Bonchev–Trinajstić information content (AvgIpc) is 2.48. The van der Waals surface area contributed by atoms with Crippen molar-refractivity contribution in [3.63, 3.8) is 0 Å². The number of carbonyl (C=O) groups is 1. The van der Waals surface area contributed by atoms with Crippen LogP contribution in [-0.4, -0.2) is 42.4 Å². The molecule has 1 amide bonds. The summed E-state index contributed by atoms with van der Waals surface area (Å²) in [6.07, 6.45) is 2.22. The molecule has 0 radical (unpaired) electrons. The molecule has 110 valence electrons. The molecule has 2 unspecified atom stereocenters. The Morgan fingerprint density at radius 2 is 2.20 bits per heavy atom. The van der Waals surface area contributed by atoms with E-state index >= 15 is 0 Å². The molecule has 0 aliphatic carbocycles. The van der Waals surface area contributed by atoms with Crippen LogP contribution >= 0.6 is 0 Å². The third-order valence-corrected chi connectivity index (χ3v) is 4.19. The minimum atomic E-state index is -0.474. The highest BCUT2D eigenvalue weighted by Gasteiger charge is 2.32. The highest BCUT2D eigenvalue weighted by atomic mass is 19.1. The molecule has 1 saturated heterocycles. The number of halogens is 2. The summed E-state index contributed by atoms with van der Waals surface area (Å²) in [7, 11) is 2.01. The summed E-state index contributed by atoms with van der Waals surface area (Å²) in [6.45, 7) is 3.52. The van der Waals surface area contributed by atoms with Crippen LogP contribution in [0.1, 0.15) is 31.4 Å². The Hall–Kier alpha value is -1.49. The monoisotopic (exact) mass is 282 g/mol. The summed E-state index contributed by atoms with van der Waals surface area (Å²) in [4.78, 5) is 14.9. The van der Waals surface area contributed by atoms with E-state index < -0.39 is 17.7 Å². The zero-order chi connectivity index (χ0) is 14.7. The van der Waals surface area contributed by atoms with Crippen molar-refractivity contribution in [3.8, 4) is 0 Å². The van der Waals surface area contributed by atoms with E-state index in [-0.39, 0.29) is 11.6 Å². The van der Waals surface area contributed by atoms with Gasteiger partial charge in [0.25, 0.3) is 0 Å².